The molecule has 0 spiro atoms. The molecule has 1 aliphatic rings. The molecule has 1 heterocycles. The second kappa shape index (κ2) is 3.41. The second-order valence-corrected chi connectivity index (χ2v) is 4.42. The predicted octanol–water partition coefficient (Wildman–Crippen LogP) is 2.05. The Hall–Kier alpha value is -1.23. The minimum absolute atomic E-state index is 0.0188. The lowest BCUT2D eigenvalue weighted by Gasteiger charge is -2.08. The zero-order valence-electron chi connectivity index (χ0n) is 8.08. The van der Waals surface area contributed by atoms with Crippen molar-refractivity contribution in [2.75, 3.05) is 5.73 Å². The second-order valence-electron chi connectivity index (χ2n) is 3.57. The number of carbonyl (C=O) groups is 1. The Morgan fingerprint density at radius 1 is 1.73 bits per heavy atom. The topological polar surface area (TPSA) is 72.6 Å². The van der Waals surface area contributed by atoms with Crippen molar-refractivity contribution in [2.24, 2.45) is 0 Å². The van der Waals surface area contributed by atoms with Crippen molar-refractivity contribution in [3.05, 3.63) is 21.7 Å². The summed E-state index contributed by atoms with van der Waals surface area (Å²) < 4.78 is 6.06. The SMILES string of the molecule is C[C@H]1Cc2c(N)c(Br)cc(C(=O)O)c2O1. The Labute approximate surface area is 95.2 Å². The molecule has 0 saturated heterocycles. The highest BCUT2D eigenvalue weighted by Gasteiger charge is 2.28. The number of carboxylic acids is 1. The molecular weight excluding hydrogens is 262 g/mol. The highest BCUT2D eigenvalue weighted by Crippen LogP contribution is 2.40. The third kappa shape index (κ3) is 1.56. The summed E-state index contributed by atoms with van der Waals surface area (Å²) in [5.74, 6) is -0.586. The summed E-state index contributed by atoms with van der Waals surface area (Å²) in [5, 5.41) is 9.01. The third-order valence-electron chi connectivity index (χ3n) is 2.41. The van der Waals surface area contributed by atoms with Crippen molar-refractivity contribution in [1.82, 2.24) is 0 Å². The first-order valence-electron chi connectivity index (χ1n) is 4.51. The van der Waals surface area contributed by atoms with E-state index in [1.165, 1.54) is 6.07 Å². The van der Waals surface area contributed by atoms with Crippen molar-refractivity contribution in [2.45, 2.75) is 19.4 Å². The quantitative estimate of drug-likeness (QED) is 0.767. The Morgan fingerprint density at radius 2 is 2.40 bits per heavy atom. The molecule has 0 amide bonds. The Kier molecular flexibility index (Phi) is 2.34. The molecule has 0 fully saturated rings. The minimum Gasteiger partial charge on any atom is -0.489 e. The highest BCUT2D eigenvalue weighted by molar-refractivity contribution is 9.10. The molecule has 1 aliphatic heterocycles. The Morgan fingerprint density at radius 3 is 3.00 bits per heavy atom. The number of rotatable bonds is 1. The van der Waals surface area contributed by atoms with Crippen LogP contribution >= 0.6 is 15.9 Å². The van der Waals surface area contributed by atoms with Crippen LogP contribution in [0.5, 0.6) is 5.75 Å². The van der Waals surface area contributed by atoms with Crippen LogP contribution in [0, 0.1) is 0 Å². The number of fused-ring (bicyclic) bond motifs is 1. The molecule has 0 aliphatic carbocycles. The summed E-state index contributed by atoms with van der Waals surface area (Å²) in [4.78, 5) is 11.0. The summed E-state index contributed by atoms with van der Waals surface area (Å²) in [6.07, 6.45) is 0.635. The maximum Gasteiger partial charge on any atom is 0.339 e. The van der Waals surface area contributed by atoms with Crippen molar-refractivity contribution in [3.8, 4) is 5.75 Å². The lowest BCUT2D eigenvalue weighted by molar-refractivity contribution is 0.0692. The molecule has 0 unspecified atom stereocenters. The number of nitrogen functional groups attached to an aromatic ring is 1. The van der Waals surface area contributed by atoms with Crippen LogP contribution in [0.2, 0.25) is 0 Å². The van der Waals surface area contributed by atoms with Gasteiger partial charge in [0.25, 0.3) is 0 Å². The average Bonchev–Trinajstić information content (AvgIpc) is 2.53. The van der Waals surface area contributed by atoms with Crippen LogP contribution in [0.1, 0.15) is 22.8 Å². The van der Waals surface area contributed by atoms with Gasteiger partial charge in [-0.25, -0.2) is 4.79 Å². The fraction of sp³-hybridized carbons (Fsp3) is 0.300. The number of halogens is 1. The molecule has 0 aromatic heterocycles. The van der Waals surface area contributed by atoms with Gasteiger partial charge in [0.1, 0.15) is 17.4 Å². The monoisotopic (exact) mass is 271 g/mol. The van der Waals surface area contributed by atoms with Crippen LogP contribution in [-0.4, -0.2) is 17.2 Å². The van der Waals surface area contributed by atoms with E-state index in [1.807, 2.05) is 6.92 Å². The van der Waals surface area contributed by atoms with Crippen LogP contribution in [0.15, 0.2) is 10.5 Å². The van der Waals surface area contributed by atoms with E-state index in [-0.39, 0.29) is 11.7 Å². The first kappa shape index (κ1) is 10.3. The normalized spacial score (nSPS) is 18.4. The number of benzene rings is 1. The molecule has 5 heteroatoms. The molecule has 80 valence electrons. The van der Waals surface area contributed by atoms with Gasteiger partial charge in [-0.15, -0.1) is 0 Å². The third-order valence-corrected chi connectivity index (χ3v) is 3.07. The minimum atomic E-state index is -0.999. The van der Waals surface area contributed by atoms with Crippen molar-refractivity contribution in [1.29, 1.82) is 0 Å². The van der Waals surface area contributed by atoms with Gasteiger partial charge >= 0.3 is 5.97 Å². The van der Waals surface area contributed by atoms with E-state index in [4.69, 9.17) is 15.6 Å². The summed E-state index contributed by atoms with van der Waals surface area (Å²) in [6.45, 7) is 1.89. The van der Waals surface area contributed by atoms with Gasteiger partial charge in [0, 0.05) is 16.5 Å². The van der Waals surface area contributed by atoms with E-state index in [0.29, 0.717) is 22.3 Å². The molecule has 0 radical (unpaired) electrons. The fourth-order valence-electron chi connectivity index (χ4n) is 1.73. The number of aromatic carboxylic acids is 1. The maximum absolute atomic E-state index is 11.0. The number of anilines is 1. The van der Waals surface area contributed by atoms with E-state index < -0.39 is 5.97 Å². The summed E-state index contributed by atoms with van der Waals surface area (Å²) >= 11 is 3.24. The first-order valence-corrected chi connectivity index (χ1v) is 5.30. The lowest BCUT2D eigenvalue weighted by Crippen LogP contribution is -2.07. The van der Waals surface area contributed by atoms with Crippen LogP contribution in [0.3, 0.4) is 0 Å². The molecule has 4 nitrogen and oxygen atoms in total. The molecule has 3 N–H and O–H groups in total. The van der Waals surface area contributed by atoms with E-state index in [2.05, 4.69) is 15.9 Å². The number of hydrogen-bond donors (Lipinski definition) is 2. The van der Waals surface area contributed by atoms with Crippen LogP contribution in [0.25, 0.3) is 0 Å². The largest absolute Gasteiger partial charge is 0.489 e. The predicted molar refractivity (Wildman–Crippen MR) is 59.3 cm³/mol. The Bertz CT molecular complexity index is 445. The standard InChI is InChI=1S/C10H10BrNO3/c1-4-2-5-8(12)7(11)3-6(10(13)14)9(5)15-4/h3-4H,2,12H2,1H3,(H,13,14)/t4-/m0/s1. The van der Waals surface area contributed by atoms with Crippen molar-refractivity contribution < 1.29 is 14.6 Å². The van der Waals surface area contributed by atoms with Crippen LogP contribution in [0.4, 0.5) is 5.69 Å². The average molecular weight is 272 g/mol. The highest BCUT2D eigenvalue weighted by atomic mass is 79.9. The van der Waals surface area contributed by atoms with Crippen molar-refractivity contribution >= 4 is 27.6 Å². The van der Waals surface area contributed by atoms with Gasteiger partial charge in [-0.2, -0.15) is 0 Å². The van der Waals surface area contributed by atoms with E-state index in [9.17, 15) is 4.79 Å². The van der Waals surface area contributed by atoms with E-state index >= 15 is 0 Å². The molecule has 1 aromatic rings. The van der Waals surface area contributed by atoms with Gasteiger partial charge < -0.3 is 15.6 Å². The number of ether oxygens (including phenoxy) is 1. The van der Waals surface area contributed by atoms with Crippen molar-refractivity contribution in [3.63, 3.8) is 0 Å². The first-order chi connectivity index (χ1) is 7.00. The van der Waals surface area contributed by atoms with Gasteiger partial charge in [-0.05, 0) is 28.9 Å². The molecule has 0 bridgehead atoms. The zero-order chi connectivity index (χ0) is 11.2. The number of nitrogens with two attached hydrogens (primary N) is 1. The number of carboxylic acid groups (broad SMARTS) is 1. The molecular formula is C10H10BrNO3. The summed E-state index contributed by atoms with van der Waals surface area (Å²) in [6, 6.07) is 1.48. The van der Waals surface area contributed by atoms with E-state index in [1.54, 1.807) is 0 Å². The van der Waals surface area contributed by atoms with Gasteiger partial charge in [0.2, 0.25) is 0 Å². The molecule has 1 atom stereocenters. The number of hydrogen-bond acceptors (Lipinski definition) is 3. The smallest absolute Gasteiger partial charge is 0.339 e. The van der Waals surface area contributed by atoms with Gasteiger partial charge in [-0.1, -0.05) is 0 Å². The molecule has 0 saturated carbocycles. The molecule has 15 heavy (non-hydrogen) atoms. The molecule has 2 rings (SSSR count). The van der Waals surface area contributed by atoms with Crippen LogP contribution < -0.4 is 10.5 Å². The van der Waals surface area contributed by atoms with Gasteiger partial charge in [-0.3, -0.25) is 0 Å². The van der Waals surface area contributed by atoms with Crippen LogP contribution in [-0.2, 0) is 6.42 Å². The fourth-order valence-corrected chi connectivity index (χ4v) is 2.19. The summed E-state index contributed by atoms with van der Waals surface area (Å²) in [7, 11) is 0. The van der Waals surface area contributed by atoms with Gasteiger partial charge in [0.15, 0.2) is 0 Å². The molecule has 1 aromatic carbocycles. The Balaban J connectivity index is 2.66. The lowest BCUT2D eigenvalue weighted by atomic mass is 10.0. The van der Waals surface area contributed by atoms with Gasteiger partial charge in [0.05, 0.1) is 5.69 Å². The summed E-state index contributed by atoms with van der Waals surface area (Å²) in [5.41, 5.74) is 7.36. The van der Waals surface area contributed by atoms with E-state index in [0.717, 1.165) is 5.56 Å². The zero-order valence-corrected chi connectivity index (χ0v) is 9.67. The maximum atomic E-state index is 11.0.